The largest absolute Gasteiger partial charge is 0.494 e. The molecule has 0 fully saturated rings. The van der Waals surface area contributed by atoms with Gasteiger partial charge in [-0.15, -0.1) is 0 Å². The van der Waals surface area contributed by atoms with Crippen LogP contribution in [0.2, 0.25) is 0 Å². The van der Waals surface area contributed by atoms with Crippen molar-refractivity contribution in [3.05, 3.63) is 122 Å². The number of aromatic nitrogens is 2. The third kappa shape index (κ3) is 8.07. The maximum Gasteiger partial charge on any atom is 0.416 e. The first-order chi connectivity index (χ1) is 22.9. The normalized spacial score (nSPS) is 12.3. The van der Waals surface area contributed by atoms with Gasteiger partial charge in [0.1, 0.15) is 5.82 Å². The van der Waals surface area contributed by atoms with Gasteiger partial charge in [0.25, 0.3) is 5.56 Å². The van der Waals surface area contributed by atoms with E-state index < -0.39 is 52.6 Å². The number of benzene rings is 3. The SMILES string of the molecule is CCOC(=O)CCC/N=C/C(Cn1c(=O)c(-c2cccc(OC)c2F)c(C)n(Cc2c(F)cccc2C(F)(F)F)c1=O)c1ccccc1. The van der Waals surface area contributed by atoms with Crippen molar-refractivity contribution in [2.45, 2.75) is 51.9 Å². The molecule has 0 saturated heterocycles. The molecule has 1 atom stereocenters. The number of esters is 1. The van der Waals surface area contributed by atoms with E-state index in [1.165, 1.54) is 38.4 Å². The minimum atomic E-state index is -4.95. The number of carbonyl (C=O) groups excluding carboxylic acids is 1. The van der Waals surface area contributed by atoms with Crippen LogP contribution in [-0.4, -0.2) is 41.6 Å². The monoisotopic (exact) mass is 671 g/mol. The van der Waals surface area contributed by atoms with Crippen LogP contribution in [0.25, 0.3) is 11.1 Å². The van der Waals surface area contributed by atoms with Gasteiger partial charge in [-0.1, -0.05) is 48.5 Å². The highest BCUT2D eigenvalue weighted by Gasteiger charge is 2.35. The van der Waals surface area contributed by atoms with Gasteiger partial charge in [-0.05, 0) is 44.0 Å². The van der Waals surface area contributed by atoms with Gasteiger partial charge in [-0.3, -0.25) is 23.7 Å². The van der Waals surface area contributed by atoms with Crippen LogP contribution < -0.4 is 16.0 Å². The van der Waals surface area contributed by atoms with Crippen molar-refractivity contribution in [2.75, 3.05) is 20.3 Å². The van der Waals surface area contributed by atoms with E-state index in [1.54, 1.807) is 37.3 Å². The standard InChI is InChI=1S/C35H34F5N3O5/c1-4-48-30(44)17-10-18-41-19-24(23-11-6-5-7-12-23)20-43-33(45)31(25-13-8-16-29(47-3)32(25)37)22(2)42(34(43)46)21-26-27(35(38,39)40)14-9-15-28(26)36/h5-9,11-16,19,24H,4,10,17-18,20-21H2,1-3H3/b41-19+. The van der Waals surface area contributed by atoms with Crippen molar-refractivity contribution in [2.24, 2.45) is 4.99 Å². The average molecular weight is 672 g/mol. The molecule has 0 spiro atoms. The molecule has 4 aromatic rings. The summed E-state index contributed by atoms with van der Waals surface area (Å²) in [5, 5.41) is 0. The van der Waals surface area contributed by atoms with Crippen molar-refractivity contribution in [3.8, 4) is 16.9 Å². The van der Waals surface area contributed by atoms with Crippen molar-refractivity contribution in [1.82, 2.24) is 9.13 Å². The number of carbonyl (C=O) groups is 1. The van der Waals surface area contributed by atoms with Gasteiger partial charge in [0, 0.05) is 48.5 Å². The van der Waals surface area contributed by atoms with Crippen molar-refractivity contribution >= 4 is 12.2 Å². The number of hydrogen-bond acceptors (Lipinski definition) is 6. The number of methoxy groups -OCH3 is 1. The molecule has 0 radical (unpaired) electrons. The number of alkyl halides is 3. The fourth-order valence-electron chi connectivity index (χ4n) is 5.35. The summed E-state index contributed by atoms with van der Waals surface area (Å²) >= 11 is 0. The number of hydrogen-bond donors (Lipinski definition) is 0. The number of aliphatic imine (C=N–C) groups is 1. The first kappa shape index (κ1) is 35.8. The summed E-state index contributed by atoms with van der Waals surface area (Å²) in [7, 11) is 1.22. The van der Waals surface area contributed by atoms with E-state index in [0.717, 1.165) is 21.3 Å². The molecule has 48 heavy (non-hydrogen) atoms. The minimum absolute atomic E-state index is 0.134. The molecule has 1 aromatic heterocycles. The zero-order valence-electron chi connectivity index (χ0n) is 26.5. The molecule has 254 valence electrons. The Labute approximate surface area is 273 Å². The fourth-order valence-corrected chi connectivity index (χ4v) is 5.35. The summed E-state index contributed by atoms with van der Waals surface area (Å²) in [4.78, 5) is 44.3. The van der Waals surface area contributed by atoms with E-state index in [0.29, 0.717) is 18.1 Å². The molecule has 0 aliphatic carbocycles. The van der Waals surface area contributed by atoms with Gasteiger partial charge < -0.3 is 9.47 Å². The van der Waals surface area contributed by atoms with Crippen LogP contribution in [0.4, 0.5) is 22.0 Å². The van der Waals surface area contributed by atoms with Crippen LogP contribution in [0.1, 0.15) is 48.1 Å². The molecule has 0 N–H and O–H groups in total. The summed E-state index contributed by atoms with van der Waals surface area (Å²) in [5.41, 5.74) is -4.15. The second-order valence-electron chi connectivity index (χ2n) is 10.8. The maximum atomic E-state index is 15.6. The predicted octanol–water partition coefficient (Wildman–Crippen LogP) is 6.54. The highest BCUT2D eigenvalue weighted by Crippen LogP contribution is 2.34. The summed E-state index contributed by atoms with van der Waals surface area (Å²) in [6.07, 6.45) is -2.93. The lowest BCUT2D eigenvalue weighted by Gasteiger charge is -2.22. The second-order valence-corrected chi connectivity index (χ2v) is 10.8. The smallest absolute Gasteiger partial charge is 0.416 e. The topological polar surface area (TPSA) is 91.9 Å². The van der Waals surface area contributed by atoms with Crippen molar-refractivity contribution in [1.29, 1.82) is 0 Å². The number of ether oxygens (including phenoxy) is 2. The Kier molecular flexibility index (Phi) is 11.7. The third-order valence-electron chi connectivity index (χ3n) is 7.75. The van der Waals surface area contributed by atoms with Crippen molar-refractivity contribution < 1.29 is 36.2 Å². The minimum Gasteiger partial charge on any atom is -0.494 e. The lowest BCUT2D eigenvalue weighted by atomic mass is 9.99. The molecular weight excluding hydrogens is 637 g/mol. The Hall–Kier alpha value is -5.07. The number of nitrogens with zero attached hydrogens (tertiary/aromatic N) is 3. The van der Waals surface area contributed by atoms with Crippen LogP contribution in [0.3, 0.4) is 0 Å². The van der Waals surface area contributed by atoms with Gasteiger partial charge in [-0.25, -0.2) is 13.6 Å². The molecular formula is C35H34F5N3O5. The number of rotatable bonds is 13. The highest BCUT2D eigenvalue weighted by atomic mass is 19.4. The fraction of sp³-hybridized carbons (Fsp3) is 0.314. The summed E-state index contributed by atoms with van der Waals surface area (Å²) in [6.45, 7) is 2.21. The molecule has 0 bridgehead atoms. The molecule has 1 unspecified atom stereocenters. The zero-order chi connectivity index (χ0) is 35.0. The third-order valence-corrected chi connectivity index (χ3v) is 7.75. The molecule has 0 aliphatic rings. The lowest BCUT2D eigenvalue weighted by molar-refractivity contribution is -0.143. The predicted molar refractivity (Wildman–Crippen MR) is 171 cm³/mol. The quantitative estimate of drug-likeness (QED) is 0.0697. The summed E-state index contributed by atoms with van der Waals surface area (Å²) in [5.74, 6) is -3.43. The summed E-state index contributed by atoms with van der Waals surface area (Å²) < 4.78 is 84.2. The van der Waals surface area contributed by atoms with E-state index in [-0.39, 0.29) is 54.7 Å². The number of halogens is 5. The second kappa shape index (κ2) is 15.7. The lowest BCUT2D eigenvalue weighted by Crippen LogP contribution is -2.43. The maximum absolute atomic E-state index is 15.6. The first-order valence-electron chi connectivity index (χ1n) is 15.1. The molecule has 4 rings (SSSR count). The van der Waals surface area contributed by atoms with Gasteiger partial charge in [0.2, 0.25) is 0 Å². The Morgan fingerprint density at radius 3 is 2.35 bits per heavy atom. The molecule has 13 heteroatoms. The average Bonchev–Trinajstić information content (AvgIpc) is 3.05. The summed E-state index contributed by atoms with van der Waals surface area (Å²) in [6, 6.07) is 15.2. The Morgan fingerprint density at radius 1 is 0.979 bits per heavy atom. The van der Waals surface area contributed by atoms with E-state index in [2.05, 4.69) is 4.99 Å². The molecule has 1 heterocycles. The van der Waals surface area contributed by atoms with Crippen LogP contribution in [0.15, 0.2) is 81.3 Å². The van der Waals surface area contributed by atoms with Gasteiger partial charge in [0.15, 0.2) is 11.6 Å². The molecule has 0 aliphatic heterocycles. The van der Waals surface area contributed by atoms with Gasteiger partial charge >= 0.3 is 17.8 Å². The Morgan fingerprint density at radius 2 is 1.69 bits per heavy atom. The van der Waals surface area contributed by atoms with Crippen LogP contribution in [0.5, 0.6) is 5.75 Å². The van der Waals surface area contributed by atoms with Gasteiger partial charge in [0.05, 0.1) is 31.4 Å². The van der Waals surface area contributed by atoms with E-state index >= 15 is 8.78 Å². The van der Waals surface area contributed by atoms with E-state index in [4.69, 9.17) is 9.47 Å². The molecule has 3 aromatic carbocycles. The Bertz CT molecular complexity index is 1900. The van der Waals surface area contributed by atoms with Crippen LogP contribution >= 0.6 is 0 Å². The van der Waals surface area contributed by atoms with E-state index in [1.807, 2.05) is 0 Å². The molecule has 0 amide bonds. The molecule has 0 saturated carbocycles. The Balaban J connectivity index is 1.90. The first-order valence-corrected chi connectivity index (χ1v) is 15.1. The van der Waals surface area contributed by atoms with E-state index in [9.17, 15) is 27.6 Å². The van der Waals surface area contributed by atoms with Gasteiger partial charge in [-0.2, -0.15) is 13.2 Å². The molecule has 8 nitrogen and oxygen atoms in total. The van der Waals surface area contributed by atoms with Crippen LogP contribution in [0, 0.1) is 18.6 Å². The van der Waals surface area contributed by atoms with Crippen LogP contribution in [-0.2, 0) is 28.8 Å². The highest BCUT2D eigenvalue weighted by molar-refractivity contribution is 5.70. The van der Waals surface area contributed by atoms with Crippen molar-refractivity contribution in [3.63, 3.8) is 0 Å². The zero-order valence-corrected chi connectivity index (χ0v) is 26.5.